The summed E-state index contributed by atoms with van der Waals surface area (Å²) >= 11 is 0. The largest absolute Gasteiger partial charge is 0.376 e. The zero-order chi connectivity index (χ0) is 17.6. The van der Waals surface area contributed by atoms with E-state index >= 15 is 0 Å². The number of carbonyl (C=O) groups excluding carboxylic acids is 1. The molecular weight excluding hydrogens is 321 g/mol. The van der Waals surface area contributed by atoms with Crippen molar-refractivity contribution in [3.8, 4) is 5.69 Å². The number of benzene rings is 2. The van der Waals surface area contributed by atoms with Gasteiger partial charge in [0.15, 0.2) is 0 Å². The van der Waals surface area contributed by atoms with Crippen molar-refractivity contribution in [2.24, 2.45) is 0 Å². The Bertz CT molecular complexity index is 816. The SMILES string of the molecule is CN(Cc1ccc(F)cc1)C(=O)CNc1ccc(-n2cncn2)cc1. The summed E-state index contributed by atoms with van der Waals surface area (Å²) in [6.07, 6.45) is 3.10. The number of hydrogen-bond donors (Lipinski definition) is 1. The Morgan fingerprint density at radius 3 is 2.52 bits per heavy atom. The Morgan fingerprint density at radius 1 is 1.16 bits per heavy atom. The molecule has 1 amide bonds. The second kappa shape index (κ2) is 7.57. The Labute approximate surface area is 144 Å². The number of amides is 1. The van der Waals surface area contributed by atoms with E-state index in [1.807, 2.05) is 24.3 Å². The van der Waals surface area contributed by atoms with E-state index < -0.39 is 0 Å². The normalized spacial score (nSPS) is 10.5. The van der Waals surface area contributed by atoms with Crippen LogP contribution < -0.4 is 5.32 Å². The van der Waals surface area contributed by atoms with Gasteiger partial charge in [-0.3, -0.25) is 4.79 Å². The first-order valence-electron chi connectivity index (χ1n) is 7.79. The van der Waals surface area contributed by atoms with Gasteiger partial charge in [0, 0.05) is 19.3 Å². The molecule has 7 heteroatoms. The number of halogens is 1. The summed E-state index contributed by atoms with van der Waals surface area (Å²) in [5.74, 6) is -0.335. The molecule has 0 saturated heterocycles. The average Bonchev–Trinajstić information content (AvgIpc) is 3.16. The van der Waals surface area contributed by atoms with Crippen LogP contribution in [0.15, 0.2) is 61.2 Å². The third kappa shape index (κ3) is 4.41. The minimum Gasteiger partial charge on any atom is -0.376 e. The molecule has 0 aliphatic rings. The lowest BCUT2D eigenvalue weighted by molar-refractivity contribution is -0.128. The van der Waals surface area contributed by atoms with Crippen LogP contribution in [0.2, 0.25) is 0 Å². The summed E-state index contributed by atoms with van der Waals surface area (Å²) in [5.41, 5.74) is 2.62. The first kappa shape index (κ1) is 16.6. The number of anilines is 1. The maximum Gasteiger partial charge on any atom is 0.241 e. The van der Waals surface area contributed by atoms with Crippen molar-refractivity contribution in [2.75, 3.05) is 18.9 Å². The first-order valence-corrected chi connectivity index (χ1v) is 7.79. The highest BCUT2D eigenvalue weighted by Crippen LogP contribution is 2.12. The maximum atomic E-state index is 12.9. The van der Waals surface area contributed by atoms with E-state index in [1.165, 1.54) is 18.5 Å². The number of rotatable bonds is 6. The van der Waals surface area contributed by atoms with Crippen LogP contribution >= 0.6 is 0 Å². The monoisotopic (exact) mass is 339 g/mol. The predicted octanol–water partition coefficient (Wildman–Crippen LogP) is 2.48. The molecule has 2 aromatic carbocycles. The summed E-state index contributed by atoms with van der Waals surface area (Å²) in [6, 6.07) is 13.7. The molecule has 6 nitrogen and oxygen atoms in total. The smallest absolute Gasteiger partial charge is 0.241 e. The minimum absolute atomic E-state index is 0.0512. The number of nitrogens with one attached hydrogen (secondary N) is 1. The second-order valence-electron chi connectivity index (χ2n) is 5.62. The zero-order valence-corrected chi connectivity index (χ0v) is 13.8. The van der Waals surface area contributed by atoms with Crippen LogP contribution in [-0.2, 0) is 11.3 Å². The van der Waals surface area contributed by atoms with Gasteiger partial charge in [-0.1, -0.05) is 12.1 Å². The van der Waals surface area contributed by atoms with E-state index in [4.69, 9.17) is 0 Å². The zero-order valence-electron chi connectivity index (χ0n) is 13.8. The summed E-state index contributed by atoms with van der Waals surface area (Å²) in [6.45, 7) is 0.617. The molecule has 3 aromatic rings. The highest BCUT2D eigenvalue weighted by molar-refractivity contribution is 5.80. The summed E-state index contributed by atoms with van der Waals surface area (Å²) in [4.78, 5) is 17.7. The summed E-state index contributed by atoms with van der Waals surface area (Å²) in [5, 5.41) is 7.16. The lowest BCUT2D eigenvalue weighted by Crippen LogP contribution is -2.31. The van der Waals surface area contributed by atoms with Gasteiger partial charge in [-0.15, -0.1) is 0 Å². The molecule has 0 fully saturated rings. The topological polar surface area (TPSA) is 63.1 Å². The van der Waals surface area contributed by atoms with Crippen molar-refractivity contribution >= 4 is 11.6 Å². The molecule has 0 bridgehead atoms. The van der Waals surface area contributed by atoms with E-state index in [2.05, 4.69) is 15.4 Å². The summed E-state index contributed by atoms with van der Waals surface area (Å²) in [7, 11) is 1.72. The first-order chi connectivity index (χ1) is 12.1. The van der Waals surface area contributed by atoms with E-state index in [9.17, 15) is 9.18 Å². The van der Waals surface area contributed by atoms with Gasteiger partial charge in [-0.05, 0) is 42.0 Å². The van der Waals surface area contributed by atoms with Crippen LogP contribution in [0, 0.1) is 5.82 Å². The Hall–Kier alpha value is -3.22. The van der Waals surface area contributed by atoms with Crippen LogP contribution in [0.1, 0.15) is 5.56 Å². The molecule has 0 radical (unpaired) electrons. The number of nitrogens with zero attached hydrogens (tertiary/aromatic N) is 4. The van der Waals surface area contributed by atoms with Gasteiger partial charge in [0.1, 0.15) is 18.5 Å². The molecule has 0 atom stereocenters. The van der Waals surface area contributed by atoms with E-state index in [1.54, 1.807) is 35.1 Å². The summed E-state index contributed by atoms with van der Waals surface area (Å²) < 4.78 is 14.6. The number of likely N-dealkylation sites (N-methyl/N-ethyl adjacent to an activating group) is 1. The van der Waals surface area contributed by atoms with Gasteiger partial charge >= 0.3 is 0 Å². The van der Waals surface area contributed by atoms with Crippen molar-refractivity contribution in [3.63, 3.8) is 0 Å². The van der Waals surface area contributed by atoms with Gasteiger partial charge in [0.25, 0.3) is 0 Å². The second-order valence-corrected chi connectivity index (χ2v) is 5.62. The highest BCUT2D eigenvalue weighted by Gasteiger charge is 2.09. The predicted molar refractivity (Wildman–Crippen MR) is 92.7 cm³/mol. The molecule has 0 aliphatic carbocycles. The fourth-order valence-electron chi connectivity index (χ4n) is 2.34. The quantitative estimate of drug-likeness (QED) is 0.749. The fraction of sp³-hybridized carbons (Fsp3) is 0.167. The standard InChI is InChI=1S/C18H18FN5O/c1-23(11-14-2-4-15(19)5-3-14)18(25)10-21-16-6-8-17(9-7-16)24-13-20-12-22-24/h2-9,12-13,21H,10-11H2,1H3. The molecule has 1 N–H and O–H groups in total. The molecule has 3 rings (SSSR count). The molecule has 1 heterocycles. The Kier molecular flexibility index (Phi) is 5.03. The van der Waals surface area contributed by atoms with Gasteiger partial charge < -0.3 is 10.2 Å². The molecule has 0 spiro atoms. The van der Waals surface area contributed by atoms with Gasteiger partial charge in [-0.25, -0.2) is 14.1 Å². The van der Waals surface area contributed by atoms with Crippen molar-refractivity contribution in [1.29, 1.82) is 0 Å². The molecule has 0 saturated carbocycles. The van der Waals surface area contributed by atoms with E-state index in [0.29, 0.717) is 6.54 Å². The van der Waals surface area contributed by atoms with Crippen molar-refractivity contribution in [1.82, 2.24) is 19.7 Å². The van der Waals surface area contributed by atoms with Crippen molar-refractivity contribution in [2.45, 2.75) is 6.54 Å². The van der Waals surface area contributed by atoms with Crippen LogP contribution in [0.25, 0.3) is 5.69 Å². The maximum absolute atomic E-state index is 12.9. The van der Waals surface area contributed by atoms with Crippen LogP contribution in [0.3, 0.4) is 0 Å². The molecular formula is C18H18FN5O. The van der Waals surface area contributed by atoms with Crippen LogP contribution in [0.5, 0.6) is 0 Å². The minimum atomic E-state index is -0.284. The third-order valence-electron chi connectivity index (χ3n) is 3.75. The Morgan fingerprint density at radius 2 is 1.88 bits per heavy atom. The molecule has 0 aliphatic heterocycles. The van der Waals surface area contributed by atoms with Gasteiger partial charge in [-0.2, -0.15) is 5.10 Å². The van der Waals surface area contributed by atoms with Crippen LogP contribution in [0.4, 0.5) is 10.1 Å². The van der Waals surface area contributed by atoms with Gasteiger partial charge in [0.2, 0.25) is 5.91 Å². The fourth-order valence-corrected chi connectivity index (χ4v) is 2.34. The average molecular weight is 339 g/mol. The van der Waals surface area contributed by atoms with E-state index in [0.717, 1.165) is 16.9 Å². The molecule has 1 aromatic heterocycles. The molecule has 128 valence electrons. The van der Waals surface area contributed by atoms with Crippen LogP contribution in [-0.4, -0.2) is 39.2 Å². The van der Waals surface area contributed by atoms with Crippen molar-refractivity contribution in [3.05, 3.63) is 72.6 Å². The number of hydrogen-bond acceptors (Lipinski definition) is 4. The van der Waals surface area contributed by atoms with Crippen molar-refractivity contribution < 1.29 is 9.18 Å². The molecule has 0 unspecified atom stereocenters. The Balaban J connectivity index is 1.52. The third-order valence-corrected chi connectivity index (χ3v) is 3.75. The highest BCUT2D eigenvalue weighted by atomic mass is 19.1. The van der Waals surface area contributed by atoms with Gasteiger partial charge in [0.05, 0.1) is 12.2 Å². The van der Waals surface area contributed by atoms with E-state index in [-0.39, 0.29) is 18.3 Å². The number of carbonyl (C=O) groups is 1. The molecule has 25 heavy (non-hydrogen) atoms. The lowest BCUT2D eigenvalue weighted by Gasteiger charge is -2.18. The lowest BCUT2D eigenvalue weighted by atomic mass is 10.2. The number of aromatic nitrogens is 3.